The van der Waals surface area contributed by atoms with Gasteiger partial charge in [-0.15, -0.1) is 0 Å². The Morgan fingerprint density at radius 1 is 1.23 bits per heavy atom. The Labute approximate surface area is 130 Å². The van der Waals surface area contributed by atoms with Gasteiger partial charge in [0.15, 0.2) is 0 Å². The third-order valence-corrected chi connectivity index (χ3v) is 4.31. The molecule has 0 aromatic heterocycles. The molecule has 0 radical (unpaired) electrons. The third-order valence-electron chi connectivity index (χ3n) is 4.31. The van der Waals surface area contributed by atoms with Crippen molar-refractivity contribution in [2.24, 2.45) is 5.73 Å². The van der Waals surface area contributed by atoms with Crippen LogP contribution in [0.25, 0.3) is 10.8 Å². The lowest BCUT2D eigenvalue weighted by Gasteiger charge is -2.22. The maximum absolute atomic E-state index is 12.5. The number of amides is 1. The number of benzene rings is 2. The van der Waals surface area contributed by atoms with Gasteiger partial charge in [0.2, 0.25) is 0 Å². The van der Waals surface area contributed by atoms with E-state index in [1.54, 1.807) is 4.90 Å². The number of carbonyl (C=O) groups is 1. The maximum atomic E-state index is 12.5. The highest BCUT2D eigenvalue weighted by Crippen LogP contribution is 2.23. The molecule has 1 aliphatic rings. The molecule has 0 spiro atoms. The lowest BCUT2D eigenvalue weighted by Crippen LogP contribution is -2.36. The normalized spacial score (nSPS) is 21.2. The number of ether oxygens (including phenoxy) is 1. The lowest BCUT2D eigenvalue weighted by molar-refractivity contribution is -0.141. The molecule has 4 nitrogen and oxygen atoms in total. The van der Waals surface area contributed by atoms with Crippen LogP contribution in [0.5, 0.6) is 0 Å². The molecule has 2 aromatic rings. The van der Waals surface area contributed by atoms with Crippen molar-refractivity contribution in [2.75, 3.05) is 13.6 Å². The predicted octanol–water partition coefficient (Wildman–Crippen LogP) is 2.30. The fraction of sp³-hybridized carbons (Fsp3) is 0.389. The zero-order chi connectivity index (χ0) is 15.5. The van der Waals surface area contributed by atoms with E-state index in [4.69, 9.17) is 10.5 Å². The first-order chi connectivity index (χ1) is 10.7. The Morgan fingerprint density at radius 2 is 2.00 bits per heavy atom. The van der Waals surface area contributed by atoms with Crippen molar-refractivity contribution >= 4 is 16.7 Å². The summed E-state index contributed by atoms with van der Waals surface area (Å²) in [6, 6.07) is 14.4. The molecular weight excluding hydrogens is 276 g/mol. The predicted molar refractivity (Wildman–Crippen MR) is 87.4 cm³/mol. The summed E-state index contributed by atoms with van der Waals surface area (Å²) in [5.41, 5.74) is 6.76. The Morgan fingerprint density at radius 3 is 2.77 bits per heavy atom. The Kier molecular flexibility index (Phi) is 4.41. The minimum Gasteiger partial charge on any atom is -0.364 e. The second-order valence-corrected chi connectivity index (χ2v) is 5.89. The zero-order valence-electron chi connectivity index (χ0n) is 12.9. The summed E-state index contributed by atoms with van der Waals surface area (Å²) in [5.74, 6) is 0.0453. The molecule has 4 heteroatoms. The molecule has 2 N–H and O–H groups in total. The molecule has 1 heterocycles. The van der Waals surface area contributed by atoms with Crippen molar-refractivity contribution in [1.82, 2.24) is 4.90 Å². The number of carbonyl (C=O) groups excluding carboxylic acids is 1. The molecule has 3 rings (SSSR count). The van der Waals surface area contributed by atoms with Gasteiger partial charge < -0.3 is 15.4 Å². The van der Waals surface area contributed by atoms with E-state index in [1.165, 1.54) is 10.8 Å². The molecule has 1 amide bonds. The summed E-state index contributed by atoms with van der Waals surface area (Å²) in [4.78, 5) is 14.3. The molecular formula is C18H22N2O2. The number of hydrogen-bond donors (Lipinski definition) is 1. The van der Waals surface area contributed by atoms with Crippen molar-refractivity contribution in [3.05, 3.63) is 48.0 Å². The average molecular weight is 298 g/mol. The van der Waals surface area contributed by atoms with Crippen LogP contribution in [-0.2, 0) is 16.1 Å². The highest BCUT2D eigenvalue weighted by Gasteiger charge is 2.31. The SMILES string of the molecule is CN(Cc1cccc2ccccc12)C(=O)[C@@H]1CC[C@H](CN)O1. The molecule has 1 saturated heterocycles. The summed E-state index contributed by atoms with van der Waals surface area (Å²) >= 11 is 0. The Hall–Kier alpha value is -1.91. The van der Waals surface area contributed by atoms with E-state index >= 15 is 0 Å². The van der Waals surface area contributed by atoms with Crippen LogP contribution < -0.4 is 5.73 Å². The minimum atomic E-state index is -0.339. The van der Waals surface area contributed by atoms with E-state index in [0.717, 1.165) is 18.4 Å². The first-order valence-corrected chi connectivity index (χ1v) is 7.76. The van der Waals surface area contributed by atoms with Crippen molar-refractivity contribution in [1.29, 1.82) is 0 Å². The van der Waals surface area contributed by atoms with Crippen molar-refractivity contribution < 1.29 is 9.53 Å². The van der Waals surface area contributed by atoms with Crippen LogP contribution in [0.15, 0.2) is 42.5 Å². The molecule has 116 valence electrons. The molecule has 2 atom stereocenters. The standard InChI is InChI=1S/C18H22N2O2/c1-20(18(21)17-10-9-15(11-19)22-17)12-14-7-4-6-13-5-2-3-8-16(13)14/h2-8,15,17H,9-12,19H2,1H3/t15-,17+/m1/s1. The molecule has 0 aliphatic carbocycles. The van der Waals surface area contributed by atoms with Gasteiger partial charge in [0.25, 0.3) is 5.91 Å². The molecule has 2 aromatic carbocycles. The largest absolute Gasteiger partial charge is 0.364 e. The summed E-state index contributed by atoms with van der Waals surface area (Å²) < 4.78 is 5.70. The van der Waals surface area contributed by atoms with Gasteiger partial charge in [-0.3, -0.25) is 4.79 Å². The Balaban J connectivity index is 1.73. The van der Waals surface area contributed by atoms with Gasteiger partial charge in [0.1, 0.15) is 6.10 Å². The summed E-state index contributed by atoms with van der Waals surface area (Å²) in [5, 5.41) is 2.39. The van der Waals surface area contributed by atoms with Crippen LogP contribution in [0.4, 0.5) is 0 Å². The minimum absolute atomic E-state index is 0.0277. The summed E-state index contributed by atoms with van der Waals surface area (Å²) in [7, 11) is 1.84. The summed E-state index contributed by atoms with van der Waals surface area (Å²) in [6.45, 7) is 1.07. The number of likely N-dealkylation sites (N-methyl/N-ethyl adjacent to an activating group) is 1. The van der Waals surface area contributed by atoms with E-state index in [0.29, 0.717) is 13.1 Å². The van der Waals surface area contributed by atoms with Gasteiger partial charge in [-0.2, -0.15) is 0 Å². The fourth-order valence-corrected chi connectivity index (χ4v) is 3.07. The number of rotatable bonds is 4. The molecule has 0 unspecified atom stereocenters. The number of nitrogens with zero attached hydrogens (tertiary/aromatic N) is 1. The first kappa shape index (κ1) is 15.0. The van der Waals surface area contributed by atoms with E-state index in [1.807, 2.05) is 25.2 Å². The monoisotopic (exact) mass is 298 g/mol. The van der Waals surface area contributed by atoms with Crippen LogP contribution in [0, 0.1) is 0 Å². The second kappa shape index (κ2) is 6.46. The first-order valence-electron chi connectivity index (χ1n) is 7.76. The molecule has 1 aliphatic heterocycles. The van der Waals surface area contributed by atoms with Gasteiger partial charge in [0, 0.05) is 20.1 Å². The molecule has 22 heavy (non-hydrogen) atoms. The zero-order valence-corrected chi connectivity index (χ0v) is 12.9. The highest BCUT2D eigenvalue weighted by molar-refractivity contribution is 5.86. The quantitative estimate of drug-likeness (QED) is 0.942. The van der Waals surface area contributed by atoms with Crippen molar-refractivity contribution in [2.45, 2.75) is 31.6 Å². The van der Waals surface area contributed by atoms with E-state index in [9.17, 15) is 4.79 Å². The van der Waals surface area contributed by atoms with Crippen LogP contribution in [0.1, 0.15) is 18.4 Å². The van der Waals surface area contributed by atoms with Gasteiger partial charge >= 0.3 is 0 Å². The Bertz CT molecular complexity index is 666. The average Bonchev–Trinajstić information content (AvgIpc) is 3.03. The number of hydrogen-bond acceptors (Lipinski definition) is 3. The van der Waals surface area contributed by atoms with Gasteiger partial charge in [0.05, 0.1) is 6.10 Å². The van der Waals surface area contributed by atoms with Crippen LogP contribution in [0.2, 0.25) is 0 Å². The van der Waals surface area contributed by atoms with Crippen molar-refractivity contribution in [3.8, 4) is 0 Å². The van der Waals surface area contributed by atoms with Crippen LogP contribution >= 0.6 is 0 Å². The van der Waals surface area contributed by atoms with Gasteiger partial charge in [-0.05, 0) is 29.2 Å². The molecule has 0 saturated carbocycles. The summed E-state index contributed by atoms with van der Waals surface area (Å²) in [6.07, 6.45) is 1.32. The number of fused-ring (bicyclic) bond motifs is 1. The van der Waals surface area contributed by atoms with E-state index in [2.05, 4.69) is 24.3 Å². The van der Waals surface area contributed by atoms with Crippen LogP contribution in [-0.4, -0.2) is 36.6 Å². The lowest BCUT2D eigenvalue weighted by atomic mass is 10.0. The van der Waals surface area contributed by atoms with Gasteiger partial charge in [-0.1, -0.05) is 42.5 Å². The van der Waals surface area contributed by atoms with E-state index < -0.39 is 0 Å². The molecule has 0 bridgehead atoms. The topological polar surface area (TPSA) is 55.6 Å². The van der Waals surface area contributed by atoms with Crippen molar-refractivity contribution in [3.63, 3.8) is 0 Å². The second-order valence-electron chi connectivity index (χ2n) is 5.89. The highest BCUT2D eigenvalue weighted by atomic mass is 16.5. The van der Waals surface area contributed by atoms with E-state index in [-0.39, 0.29) is 18.1 Å². The third kappa shape index (κ3) is 2.98. The van der Waals surface area contributed by atoms with Crippen LogP contribution in [0.3, 0.4) is 0 Å². The smallest absolute Gasteiger partial charge is 0.251 e. The van der Waals surface area contributed by atoms with Gasteiger partial charge in [-0.25, -0.2) is 0 Å². The maximum Gasteiger partial charge on any atom is 0.251 e. The molecule has 1 fully saturated rings. The fourth-order valence-electron chi connectivity index (χ4n) is 3.07. The number of nitrogens with two attached hydrogens (primary N) is 1.